The normalized spacial score (nSPS) is 30.8. The predicted molar refractivity (Wildman–Crippen MR) is 60.8 cm³/mol. The van der Waals surface area contributed by atoms with Crippen LogP contribution in [0.1, 0.15) is 26.2 Å². The molecule has 86 valence electrons. The van der Waals surface area contributed by atoms with E-state index in [1.807, 2.05) is 0 Å². The van der Waals surface area contributed by atoms with Gasteiger partial charge in [-0.1, -0.05) is 0 Å². The van der Waals surface area contributed by atoms with Gasteiger partial charge in [0.05, 0.1) is 12.1 Å². The van der Waals surface area contributed by atoms with Crippen LogP contribution in [0.15, 0.2) is 4.99 Å². The molecule has 1 unspecified atom stereocenters. The van der Waals surface area contributed by atoms with Crippen LogP contribution in [0.25, 0.3) is 0 Å². The summed E-state index contributed by atoms with van der Waals surface area (Å²) in [6.45, 7) is 4.91. The van der Waals surface area contributed by atoms with Crippen LogP contribution in [0.4, 0.5) is 0 Å². The van der Waals surface area contributed by atoms with E-state index in [1.54, 1.807) is 7.11 Å². The zero-order valence-corrected chi connectivity index (χ0v) is 9.70. The minimum Gasteiger partial charge on any atom is -0.385 e. The summed E-state index contributed by atoms with van der Waals surface area (Å²) in [5.74, 6) is 1.57. The topological polar surface area (TPSA) is 50.9 Å². The van der Waals surface area contributed by atoms with E-state index in [2.05, 4.69) is 16.8 Å². The van der Waals surface area contributed by atoms with E-state index in [9.17, 15) is 0 Å². The molecule has 1 heterocycles. The highest BCUT2D eigenvalue weighted by Gasteiger charge is 2.40. The second-order valence-electron chi connectivity index (χ2n) is 4.97. The van der Waals surface area contributed by atoms with E-state index < -0.39 is 0 Å². The average molecular weight is 211 g/mol. The Balaban J connectivity index is 1.97. The molecule has 0 amide bonds. The number of aliphatic imine (C=N–C) groups is 1. The summed E-state index contributed by atoms with van der Waals surface area (Å²) in [5, 5.41) is 0. The van der Waals surface area contributed by atoms with Crippen LogP contribution in [0.3, 0.4) is 0 Å². The lowest BCUT2D eigenvalue weighted by atomic mass is 9.97. The maximum atomic E-state index is 5.94. The van der Waals surface area contributed by atoms with Gasteiger partial charge in [0.1, 0.15) is 0 Å². The average Bonchev–Trinajstić information content (AvgIpc) is 2.99. The van der Waals surface area contributed by atoms with Gasteiger partial charge in [-0.25, -0.2) is 0 Å². The second kappa shape index (κ2) is 4.00. The molecule has 1 saturated carbocycles. The molecule has 4 nitrogen and oxygen atoms in total. The third-order valence-electron chi connectivity index (χ3n) is 3.49. The molecule has 1 fully saturated rings. The van der Waals surface area contributed by atoms with E-state index in [0.717, 1.165) is 38.0 Å². The van der Waals surface area contributed by atoms with Crippen molar-refractivity contribution in [2.75, 3.05) is 26.8 Å². The van der Waals surface area contributed by atoms with Gasteiger partial charge in [-0.2, -0.15) is 0 Å². The third-order valence-corrected chi connectivity index (χ3v) is 3.49. The van der Waals surface area contributed by atoms with Crippen molar-refractivity contribution in [2.45, 2.75) is 31.7 Å². The number of nitrogens with zero attached hydrogens (tertiary/aromatic N) is 2. The quantitative estimate of drug-likeness (QED) is 0.732. The molecular formula is C11H21N3O. The van der Waals surface area contributed by atoms with E-state index in [-0.39, 0.29) is 5.54 Å². The van der Waals surface area contributed by atoms with E-state index in [1.165, 1.54) is 12.8 Å². The number of hydrogen-bond donors (Lipinski definition) is 1. The van der Waals surface area contributed by atoms with Crippen molar-refractivity contribution in [1.29, 1.82) is 0 Å². The summed E-state index contributed by atoms with van der Waals surface area (Å²) < 4.78 is 5.15. The van der Waals surface area contributed by atoms with Crippen molar-refractivity contribution in [3.63, 3.8) is 0 Å². The molecule has 1 atom stereocenters. The molecule has 2 aliphatic rings. The molecule has 2 rings (SSSR count). The summed E-state index contributed by atoms with van der Waals surface area (Å²) in [7, 11) is 1.74. The van der Waals surface area contributed by atoms with Crippen LogP contribution >= 0.6 is 0 Å². The molecule has 1 aliphatic heterocycles. The minimum absolute atomic E-state index is 0.0860. The number of rotatable bonds is 5. The lowest BCUT2D eigenvalue weighted by Gasteiger charge is -2.36. The lowest BCUT2D eigenvalue weighted by molar-refractivity contribution is 0.124. The zero-order chi connectivity index (χ0) is 10.9. The Morgan fingerprint density at radius 2 is 2.33 bits per heavy atom. The summed E-state index contributed by atoms with van der Waals surface area (Å²) >= 11 is 0. The molecular weight excluding hydrogens is 190 g/mol. The Hall–Kier alpha value is -0.770. The SMILES string of the molecule is COCCC1(C)CN=C(N)N1CC1CC1. The molecule has 4 heteroatoms. The van der Waals surface area contributed by atoms with Gasteiger partial charge in [0.2, 0.25) is 0 Å². The van der Waals surface area contributed by atoms with Crippen LogP contribution in [0.5, 0.6) is 0 Å². The molecule has 0 aromatic heterocycles. The van der Waals surface area contributed by atoms with Gasteiger partial charge in [0.25, 0.3) is 0 Å². The maximum absolute atomic E-state index is 5.94. The first kappa shape index (κ1) is 10.7. The monoisotopic (exact) mass is 211 g/mol. The highest BCUT2D eigenvalue weighted by Crippen LogP contribution is 2.34. The highest BCUT2D eigenvalue weighted by molar-refractivity contribution is 5.81. The Bertz CT molecular complexity index is 263. The van der Waals surface area contributed by atoms with E-state index in [4.69, 9.17) is 10.5 Å². The molecule has 1 aliphatic carbocycles. The van der Waals surface area contributed by atoms with E-state index in [0.29, 0.717) is 0 Å². The fourth-order valence-electron chi connectivity index (χ4n) is 2.11. The molecule has 0 saturated heterocycles. The van der Waals surface area contributed by atoms with Crippen molar-refractivity contribution in [1.82, 2.24) is 4.90 Å². The van der Waals surface area contributed by atoms with Crippen molar-refractivity contribution in [2.24, 2.45) is 16.6 Å². The summed E-state index contributed by atoms with van der Waals surface area (Å²) in [6, 6.07) is 0. The number of ether oxygens (including phenoxy) is 1. The predicted octanol–water partition coefficient (Wildman–Crippen LogP) is 0.822. The van der Waals surface area contributed by atoms with Crippen LogP contribution in [-0.4, -0.2) is 43.2 Å². The number of nitrogens with two attached hydrogens (primary N) is 1. The number of guanidine groups is 1. The van der Waals surface area contributed by atoms with E-state index >= 15 is 0 Å². The fourth-order valence-corrected chi connectivity index (χ4v) is 2.11. The Morgan fingerprint density at radius 1 is 1.60 bits per heavy atom. The molecule has 0 radical (unpaired) electrons. The van der Waals surface area contributed by atoms with Gasteiger partial charge in [0, 0.05) is 20.3 Å². The van der Waals surface area contributed by atoms with Gasteiger partial charge in [-0.05, 0) is 32.1 Å². The Labute approximate surface area is 91.5 Å². The maximum Gasteiger partial charge on any atom is 0.191 e. The molecule has 15 heavy (non-hydrogen) atoms. The Morgan fingerprint density at radius 3 is 2.93 bits per heavy atom. The van der Waals surface area contributed by atoms with Crippen molar-refractivity contribution in [3.05, 3.63) is 0 Å². The molecule has 0 aromatic rings. The van der Waals surface area contributed by atoms with Crippen LogP contribution in [0.2, 0.25) is 0 Å². The molecule has 0 aromatic carbocycles. The van der Waals surface area contributed by atoms with Crippen LogP contribution < -0.4 is 5.73 Å². The minimum atomic E-state index is 0.0860. The molecule has 0 bridgehead atoms. The standard InChI is InChI=1S/C11H21N3O/c1-11(5-6-15-2)8-13-10(12)14(11)7-9-3-4-9/h9H,3-8H2,1-2H3,(H2,12,13). The summed E-state index contributed by atoms with van der Waals surface area (Å²) in [5.41, 5.74) is 6.02. The smallest absolute Gasteiger partial charge is 0.191 e. The number of methoxy groups -OCH3 is 1. The van der Waals surface area contributed by atoms with Crippen LogP contribution in [0, 0.1) is 5.92 Å². The van der Waals surface area contributed by atoms with Gasteiger partial charge >= 0.3 is 0 Å². The lowest BCUT2D eigenvalue weighted by Crippen LogP contribution is -2.51. The fraction of sp³-hybridized carbons (Fsp3) is 0.909. The largest absolute Gasteiger partial charge is 0.385 e. The zero-order valence-electron chi connectivity index (χ0n) is 9.70. The van der Waals surface area contributed by atoms with Crippen molar-refractivity contribution in [3.8, 4) is 0 Å². The highest BCUT2D eigenvalue weighted by atomic mass is 16.5. The van der Waals surface area contributed by atoms with Crippen molar-refractivity contribution < 1.29 is 4.74 Å². The molecule has 2 N–H and O–H groups in total. The Kier molecular flexibility index (Phi) is 2.87. The van der Waals surface area contributed by atoms with Crippen LogP contribution in [-0.2, 0) is 4.74 Å². The molecule has 0 spiro atoms. The van der Waals surface area contributed by atoms with Crippen molar-refractivity contribution >= 4 is 5.96 Å². The summed E-state index contributed by atoms with van der Waals surface area (Å²) in [4.78, 5) is 6.65. The van der Waals surface area contributed by atoms with Gasteiger partial charge in [-0.15, -0.1) is 0 Å². The first-order valence-corrected chi connectivity index (χ1v) is 5.72. The van der Waals surface area contributed by atoms with Gasteiger partial charge < -0.3 is 15.4 Å². The first-order valence-electron chi connectivity index (χ1n) is 5.72. The second-order valence-corrected chi connectivity index (χ2v) is 4.97. The summed E-state index contributed by atoms with van der Waals surface area (Å²) in [6.07, 6.45) is 3.70. The van der Waals surface area contributed by atoms with Gasteiger partial charge in [-0.3, -0.25) is 4.99 Å². The van der Waals surface area contributed by atoms with Gasteiger partial charge in [0.15, 0.2) is 5.96 Å². The third kappa shape index (κ3) is 2.25. The first-order chi connectivity index (χ1) is 7.15. The number of hydrogen-bond acceptors (Lipinski definition) is 4.